The number of rotatable bonds is 5. The molecule has 5 heteroatoms. The molecule has 1 aromatic rings. The number of aliphatic hydroxyl groups is 1. The van der Waals surface area contributed by atoms with Crippen molar-refractivity contribution in [2.45, 2.75) is 39.2 Å². The van der Waals surface area contributed by atoms with E-state index in [0.717, 1.165) is 11.4 Å². The highest BCUT2D eigenvalue weighted by atomic mass is 16.3. The van der Waals surface area contributed by atoms with E-state index in [4.69, 9.17) is 5.73 Å². The van der Waals surface area contributed by atoms with E-state index in [1.807, 2.05) is 20.8 Å². The third kappa shape index (κ3) is 3.06. The normalized spacial score (nSPS) is 12.8. The highest BCUT2D eigenvalue weighted by molar-refractivity contribution is 5.56. The monoisotopic (exact) mass is 224 g/mol. The van der Waals surface area contributed by atoms with Crippen molar-refractivity contribution in [2.75, 3.05) is 17.6 Å². The van der Waals surface area contributed by atoms with Crippen LogP contribution in [0.3, 0.4) is 0 Å². The first-order valence-corrected chi connectivity index (χ1v) is 5.58. The van der Waals surface area contributed by atoms with Gasteiger partial charge in [-0.3, -0.25) is 0 Å². The minimum Gasteiger partial charge on any atom is -0.391 e. The molecule has 1 unspecified atom stereocenters. The molecule has 0 saturated carbocycles. The zero-order chi connectivity index (χ0) is 12.1. The Bertz CT molecular complexity index is 341. The summed E-state index contributed by atoms with van der Waals surface area (Å²) in [5.41, 5.74) is 6.72. The topological polar surface area (TPSA) is 84.1 Å². The number of nitrogens with one attached hydrogen (secondary N) is 1. The van der Waals surface area contributed by atoms with Crippen LogP contribution in [0, 0.1) is 0 Å². The molecule has 0 fully saturated rings. The van der Waals surface area contributed by atoms with E-state index in [1.54, 1.807) is 0 Å². The molecule has 0 aliphatic carbocycles. The van der Waals surface area contributed by atoms with Gasteiger partial charge in [0.05, 0.1) is 6.10 Å². The minimum atomic E-state index is -0.365. The van der Waals surface area contributed by atoms with E-state index in [-0.39, 0.29) is 12.0 Å². The second-order valence-electron chi connectivity index (χ2n) is 4.12. The quantitative estimate of drug-likeness (QED) is 0.703. The molecule has 0 aromatic carbocycles. The van der Waals surface area contributed by atoms with Crippen LogP contribution in [-0.4, -0.2) is 27.7 Å². The number of nitrogens with zero attached hydrogens (tertiary/aromatic N) is 2. The second kappa shape index (κ2) is 5.65. The van der Waals surface area contributed by atoms with Crippen molar-refractivity contribution in [3.63, 3.8) is 0 Å². The van der Waals surface area contributed by atoms with Gasteiger partial charge in [0.25, 0.3) is 0 Å². The predicted octanol–water partition coefficient (Wildman–Crippen LogP) is 1.37. The molecular formula is C11H20N4O. The van der Waals surface area contributed by atoms with Gasteiger partial charge in [-0.2, -0.15) is 0 Å². The van der Waals surface area contributed by atoms with Crippen LogP contribution in [0.25, 0.3) is 0 Å². The van der Waals surface area contributed by atoms with Crippen LogP contribution < -0.4 is 11.1 Å². The highest BCUT2D eigenvalue weighted by Gasteiger charge is 2.13. The number of hydrogen-bond acceptors (Lipinski definition) is 5. The maximum absolute atomic E-state index is 9.48. The van der Waals surface area contributed by atoms with Crippen LogP contribution in [0.1, 0.15) is 38.7 Å². The van der Waals surface area contributed by atoms with E-state index in [0.29, 0.717) is 18.8 Å². The third-order valence-corrected chi connectivity index (χ3v) is 2.47. The van der Waals surface area contributed by atoms with Gasteiger partial charge in [0.1, 0.15) is 18.0 Å². The maximum atomic E-state index is 9.48. The lowest BCUT2D eigenvalue weighted by atomic mass is 10.0. The lowest BCUT2D eigenvalue weighted by Gasteiger charge is -2.16. The lowest BCUT2D eigenvalue weighted by Crippen LogP contribution is -2.20. The fourth-order valence-corrected chi connectivity index (χ4v) is 1.48. The summed E-state index contributed by atoms with van der Waals surface area (Å²) in [7, 11) is 0. The van der Waals surface area contributed by atoms with Crippen LogP contribution >= 0.6 is 0 Å². The van der Waals surface area contributed by atoms with Crippen molar-refractivity contribution < 1.29 is 5.11 Å². The van der Waals surface area contributed by atoms with Gasteiger partial charge in [-0.05, 0) is 12.3 Å². The molecule has 5 nitrogen and oxygen atoms in total. The van der Waals surface area contributed by atoms with Crippen LogP contribution in [0.4, 0.5) is 11.6 Å². The summed E-state index contributed by atoms with van der Waals surface area (Å²) in [4.78, 5) is 8.13. The highest BCUT2D eigenvalue weighted by Crippen LogP contribution is 2.25. The molecule has 0 aliphatic heterocycles. The Labute approximate surface area is 96.1 Å². The Hall–Kier alpha value is -1.36. The number of aliphatic hydroxyl groups excluding tert-OH is 1. The first-order chi connectivity index (χ1) is 7.56. The van der Waals surface area contributed by atoms with Gasteiger partial charge in [-0.1, -0.05) is 20.8 Å². The molecule has 0 radical (unpaired) electrons. The summed E-state index contributed by atoms with van der Waals surface area (Å²) < 4.78 is 0. The van der Waals surface area contributed by atoms with Gasteiger partial charge in [0.2, 0.25) is 0 Å². The fourth-order valence-electron chi connectivity index (χ4n) is 1.48. The molecule has 0 amide bonds. The number of nitrogen functional groups attached to an aromatic ring is 1. The Balaban J connectivity index is 2.83. The van der Waals surface area contributed by atoms with E-state index in [9.17, 15) is 5.11 Å². The number of nitrogens with two attached hydrogens (primary N) is 1. The number of aromatic nitrogens is 2. The van der Waals surface area contributed by atoms with Crippen molar-refractivity contribution in [3.8, 4) is 0 Å². The standard InChI is InChI=1S/C11H20N4O/c1-4-8(16)5-13-11-9(7(2)3)10(12)14-6-15-11/h6-8,16H,4-5H2,1-3H3,(H3,12,13,14,15). The summed E-state index contributed by atoms with van der Waals surface area (Å²) in [5, 5.41) is 12.6. The van der Waals surface area contributed by atoms with E-state index in [2.05, 4.69) is 15.3 Å². The van der Waals surface area contributed by atoms with Crippen molar-refractivity contribution in [2.24, 2.45) is 0 Å². The van der Waals surface area contributed by atoms with Crippen molar-refractivity contribution >= 4 is 11.6 Å². The summed E-state index contributed by atoms with van der Waals surface area (Å²) in [6.45, 7) is 6.49. The minimum absolute atomic E-state index is 0.252. The van der Waals surface area contributed by atoms with Crippen molar-refractivity contribution in [1.29, 1.82) is 0 Å². The molecule has 0 bridgehead atoms. The van der Waals surface area contributed by atoms with Gasteiger partial charge < -0.3 is 16.2 Å². The second-order valence-corrected chi connectivity index (χ2v) is 4.12. The van der Waals surface area contributed by atoms with Gasteiger partial charge in [-0.25, -0.2) is 9.97 Å². The first kappa shape index (κ1) is 12.7. The van der Waals surface area contributed by atoms with E-state index in [1.165, 1.54) is 6.33 Å². The molecule has 16 heavy (non-hydrogen) atoms. The number of hydrogen-bond donors (Lipinski definition) is 3. The summed E-state index contributed by atoms with van der Waals surface area (Å²) >= 11 is 0. The average Bonchev–Trinajstić information content (AvgIpc) is 2.25. The maximum Gasteiger partial charge on any atom is 0.135 e. The van der Waals surface area contributed by atoms with E-state index < -0.39 is 0 Å². The molecule has 1 heterocycles. The predicted molar refractivity (Wildman–Crippen MR) is 65.3 cm³/mol. The molecule has 4 N–H and O–H groups in total. The third-order valence-electron chi connectivity index (χ3n) is 2.47. The first-order valence-electron chi connectivity index (χ1n) is 5.58. The lowest BCUT2D eigenvalue weighted by molar-refractivity contribution is 0.183. The fraction of sp³-hybridized carbons (Fsp3) is 0.636. The average molecular weight is 224 g/mol. The molecule has 1 atom stereocenters. The Morgan fingerprint density at radius 3 is 2.69 bits per heavy atom. The molecule has 1 rings (SSSR count). The smallest absolute Gasteiger partial charge is 0.135 e. The summed E-state index contributed by atoms with van der Waals surface area (Å²) in [6.07, 6.45) is 1.78. The van der Waals surface area contributed by atoms with Gasteiger partial charge in [-0.15, -0.1) is 0 Å². The Morgan fingerprint density at radius 2 is 2.12 bits per heavy atom. The molecule has 90 valence electrons. The van der Waals surface area contributed by atoms with E-state index >= 15 is 0 Å². The van der Waals surface area contributed by atoms with Crippen molar-refractivity contribution in [1.82, 2.24) is 9.97 Å². The summed E-state index contributed by atoms with van der Waals surface area (Å²) in [6, 6.07) is 0. The van der Waals surface area contributed by atoms with Gasteiger partial charge >= 0.3 is 0 Å². The van der Waals surface area contributed by atoms with Crippen LogP contribution in [-0.2, 0) is 0 Å². The van der Waals surface area contributed by atoms with Crippen LogP contribution in [0.2, 0.25) is 0 Å². The molecule has 1 aromatic heterocycles. The number of anilines is 2. The zero-order valence-electron chi connectivity index (χ0n) is 10.1. The molecular weight excluding hydrogens is 204 g/mol. The van der Waals surface area contributed by atoms with Gasteiger partial charge in [0, 0.05) is 12.1 Å². The molecule has 0 saturated heterocycles. The van der Waals surface area contributed by atoms with Crippen molar-refractivity contribution in [3.05, 3.63) is 11.9 Å². The SMILES string of the molecule is CCC(O)CNc1ncnc(N)c1C(C)C. The Morgan fingerprint density at radius 1 is 1.44 bits per heavy atom. The molecule has 0 aliphatic rings. The summed E-state index contributed by atoms with van der Waals surface area (Å²) in [5.74, 6) is 1.47. The Kier molecular flexibility index (Phi) is 4.49. The molecule has 0 spiro atoms. The van der Waals surface area contributed by atoms with Crippen LogP contribution in [0.15, 0.2) is 6.33 Å². The van der Waals surface area contributed by atoms with Crippen LogP contribution in [0.5, 0.6) is 0 Å². The largest absolute Gasteiger partial charge is 0.391 e. The van der Waals surface area contributed by atoms with Gasteiger partial charge in [0.15, 0.2) is 0 Å². The zero-order valence-corrected chi connectivity index (χ0v) is 10.1.